The molecule has 0 radical (unpaired) electrons. The van der Waals surface area contributed by atoms with E-state index in [2.05, 4.69) is 36.3 Å². The first-order valence-corrected chi connectivity index (χ1v) is 7.70. The molecule has 2 nitrogen and oxygen atoms in total. The van der Waals surface area contributed by atoms with Gasteiger partial charge in [-0.1, -0.05) is 17.7 Å². The Bertz CT molecular complexity index is 464. The number of aryl methyl sites for hydroxylation is 1. The summed E-state index contributed by atoms with van der Waals surface area (Å²) in [5, 5.41) is 4.35. The third kappa shape index (κ3) is 2.54. The first-order chi connectivity index (χ1) is 9.11. The van der Waals surface area contributed by atoms with Crippen LogP contribution in [0.1, 0.15) is 43.4 Å². The van der Waals surface area contributed by atoms with E-state index in [1.807, 2.05) is 6.07 Å². The highest BCUT2D eigenvalue weighted by Crippen LogP contribution is 2.39. The van der Waals surface area contributed by atoms with Crippen molar-refractivity contribution in [2.45, 2.75) is 44.2 Å². The Morgan fingerprint density at radius 2 is 2.05 bits per heavy atom. The molecule has 0 aromatic heterocycles. The van der Waals surface area contributed by atoms with Crippen LogP contribution in [0.15, 0.2) is 18.2 Å². The summed E-state index contributed by atoms with van der Waals surface area (Å²) >= 11 is 6.09. The molecule has 0 saturated carbocycles. The zero-order valence-electron chi connectivity index (χ0n) is 11.9. The molecule has 0 spiro atoms. The molecular weight excluding hydrogens is 256 g/mol. The Balaban J connectivity index is 1.73. The zero-order valence-corrected chi connectivity index (χ0v) is 12.6. The second kappa shape index (κ2) is 5.08. The summed E-state index contributed by atoms with van der Waals surface area (Å²) in [6, 6.07) is 7.05. The van der Waals surface area contributed by atoms with E-state index in [1.165, 1.54) is 49.9 Å². The van der Waals surface area contributed by atoms with Gasteiger partial charge in [0.25, 0.3) is 0 Å². The van der Waals surface area contributed by atoms with Crippen LogP contribution in [-0.2, 0) is 6.42 Å². The van der Waals surface area contributed by atoms with Crippen LogP contribution in [0.2, 0.25) is 5.02 Å². The Morgan fingerprint density at radius 3 is 2.74 bits per heavy atom. The van der Waals surface area contributed by atoms with Crippen LogP contribution < -0.4 is 5.32 Å². The van der Waals surface area contributed by atoms with Gasteiger partial charge in [-0.3, -0.25) is 4.90 Å². The van der Waals surface area contributed by atoms with Crippen molar-refractivity contribution in [2.75, 3.05) is 20.1 Å². The number of hydrogen-bond donors (Lipinski definition) is 1. The van der Waals surface area contributed by atoms with E-state index in [9.17, 15) is 0 Å². The summed E-state index contributed by atoms with van der Waals surface area (Å²) in [6.07, 6.45) is 4.91. The van der Waals surface area contributed by atoms with Crippen molar-refractivity contribution in [3.8, 4) is 0 Å². The molecule has 1 N–H and O–H groups in total. The minimum atomic E-state index is 0.331. The molecule has 1 fully saturated rings. The molecule has 1 saturated heterocycles. The lowest BCUT2D eigenvalue weighted by Gasteiger charge is -2.42. The van der Waals surface area contributed by atoms with Gasteiger partial charge in [-0.05, 0) is 62.9 Å². The minimum Gasteiger partial charge on any atom is -0.314 e. The molecule has 1 unspecified atom stereocenters. The molecule has 104 valence electrons. The van der Waals surface area contributed by atoms with Crippen LogP contribution in [0.25, 0.3) is 0 Å². The highest BCUT2D eigenvalue weighted by molar-refractivity contribution is 6.30. The second-order valence-electron chi connectivity index (χ2n) is 6.24. The molecule has 1 aromatic carbocycles. The maximum atomic E-state index is 6.09. The summed E-state index contributed by atoms with van der Waals surface area (Å²) in [5.74, 6) is 0. The van der Waals surface area contributed by atoms with Gasteiger partial charge in [0.2, 0.25) is 0 Å². The topological polar surface area (TPSA) is 15.3 Å². The molecule has 0 bridgehead atoms. The fraction of sp³-hybridized carbons (Fsp3) is 0.625. The van der Waals surface area contributed by atoms with Gasteiger partial charge in [-0.2, -0.15) is 0 Å². The zero-order chi connectivity index (χ0) is 13.5. The SMILES string of the molecule is CNC1(C)CCN(C2CCc3cc(Cl)ccc32)CC1. The molecule has 2 aliphatic rings. The monoisotopic (exact) mass is 278 g/mol. The number of fused-ring (bicyclic) bond motifs is 1. The summed E-state index contributed by atoms with van der Waals surface area (Å²) in [5.41, 5.74) is 3.30. The molecule has 1 heterocycles. The Hall–Kier alpha value is -0.570. The van der Waals surface area contributed by atoms with Crippen molar-refractivity contribution in [2.24, 2.45) is 0 Å². The molecule has 3 heteroatoms. The van der Waals surface area contributed by atoms with Crippen LogP contribution in [0.5, 0.6) is 0 Å². The lowest BCUT2D eigenvalue weighted by Crippen LogP contribution is -2.50. The van der Waals surface area contributed by atoms with Gasteiger partial charge in [0, 0.05) is 29.7 Å². The molecular formula is C16H23ClN2. The average Bonchev–Trinajstić information content (AvgIpc) is 2.82. The number of hydrogen-bond acceptors (Lipinski definition) is 2. The largest absolute Gasteiger partial charge is 0.314 e. The van der Waals surface area contributed by atoms with E-state index in [-0.39, 0.29) is 0 Å². The Labute approximate surface area is 121 Å². The molecule has 19 heavy (non-hydrogen) atoms. The normalized spacial score (nSPS) is 26.4. The molecule has 1 atom stereocenters. The lowest BCUT2D eigenvalue weighted by atomic mass is 9.88. The van der Waals surface area contributed by atoms with Gasteiger partial charge in [-0.15, -0.1) is 0 Å². The van der Waals surface area contributed by atoms with Crippen LogP contribution in [0.4, 0.5) is 0 Å². The molecule has 1 aliphatic carbocycles. The summed E-state index contributed by atoms with van der Waals surface area (Å²) in [6.45, 7) is 4.74. The highest BCUT2D eigenvalue weighted by atomic mass is 35.5. The van der Waals surface area contributed by atoms with Gasteiger partial charge in [-0.25, -0.2) is 0 Å². The van der Waals surface area contributed by atoms with E-state index in [1.54, 1.807) is 0 Å². The molecule has 1 aliphatic heterocycles. The van der Waals surface area contributed by atoms with Crippen LogP contribution in [0.3, 0.4) is 0 Å². The van der Waals surface area contributed by atoms with Gasteiger partial charge in [0.15, 0.2) is 0 Å². The van der Waals surface area contributed by atoms with Crippen molar-refractivity contribution in [3.63, 3.8) is 0 Å². The first-order valence-electron chi connectivity index (χ1n) is 7.33. The van der Waals surface area contributed by atoms with Gasteiger partial charge in [0.05, 0.1) is 0 Å². The second-order valence-corrected chi connectivity index (χ2v) is 6.68. The van der Waals surface area contributed by atoms with Crippen LogP contribution >= 0.6 is 11.6 Å². The number of halogens is 1. The fourth-order valence-corrected chi connectivity index (χ4v) is 3.72. The van der Waals surface area contributed by atoms with Crippen molar-refractivity contribution in [3.05, 3.63) is 34.3 Å². The predicted octanol–water partition coefficient (Wildman–Crippen LogP) is 3.40. The van der Waals surface area contributed by atoms with Gasteiger partial charge < -0.3 is 5.32 Å². The van der Waals surface area contributed by atoms with Crippen molar-refractivity contribution in [1.82, 2.24) is 10.2 Å². The third-order valence-corrected chi connectivity index (χ3v) is 5.33. The summed E-state index contributed by atoms with van der Waals surface area (Å²) in [7, 11) is 2.09. The smallest absolute Gasteiger partial charge is 0.0408 e. The minimum absolute atomic E-state index is 0.331. The average molecular weight is 279 g/mol. The van der Waals surface area contributed by atoms with Crippen LogP contribution in [0, 0.1) is 0 Å². The molecule has 3 rings (SSSR count). The Morgan fingerprint density at radius 1 is 1.32 bits per heavy atom. The maximum absolute atomic E-state index is 6.09. The van der Waals surface area contributed by atoms with Gasteiger partial charge in [0.1, 0.15) is 0 Å². The van der Waals surface area contributed by atoms with E-state index in [0.29, 0.717) is 11.6 Å². The quantitative estimate of drug-likeness (QED) is 0.892. The van der Waals surface area contributed by atoms with Crippen molar-refractivity contribution in [1.29, 1.82) is 0 Å². The summed E-state index contributed by atoms with van der Waals surface area (Å²) < 4.78 is 0. The van der Waals surface area contributed by atoms with E-state index in [0.717, 1.165) is 5.02 Å². The number of benzene rings is 1. The number of nitrogens with one attached hydrogen (secondary N) is 1. The lowest BCUT2D eigenvalue weighted by molar-refractivity contribution is 0.110. The number of rotatable bonds is 2. The fourth-order valence-electron chi connectivity index (χ4n) is 3.52. The van der Waals surface area contributed by atoms with E-state index in [4.69, 9.17) is 11.6 Å². The molecule has 1 aromatic rings. The number of nitrogens with zero attached hydrogens (tertiary/aromatic N) is 1. The first kappa shape index (κ1) is 13.4. The summed E-state index contributed by atoms with van der Waals surface area (Å²) in [4.78, 5) is 2.67. The Kier molecular flexibility index (Phi) is 3.59. The van der Waals surface area contributed by atoms with E-state index < -0.39 is 0 Å². The van der Waals surface area contributed by atoms with Crippen LogP contribution in [-0.4, -0.2) is 30.6 Å². The maximum Gasteiger partial charge on any atom is 0.0408 e. The van der Waals surface area contributed by atoms with Crippen molar-refractivity contribution < 1.29 is 0 Å². The van der Waals surface area contributed by atoms with E-state index >= 15 is 0 Å². The predicted molar refractivity (Wildman–Crippen MR) is 80.8 cm³/mol. The number of likely N-dealkylation sites (tertiary alicyclic amines) is 1. The third-order valence-electron chi connectivity index (χ3n) is 5.10. The van der Waals surface area contributed by atoms with Crippen molar-refractivity contribution >= 4 is 11.6 Å². The highest BCUT2D eigenvalue weighted by Gasteiger charge is 2.34. The standard InChI is InChI=1S/C16H23ClN2/c1-16(18-2)7-9-19(10-8-16)15-6-3-12-11-13(17)4-5-14(12)15/h4-5,11,15,18H,3,6-10H2,1-2H3. The molecule has 0 amide bonds. The number of piperidine rings is 1. The van der Waals surface area contributed by atoms with Gasteiger partial charge >= 0.3 is 0 Å².